The maximum absolute atomic E-state index is 13.1. The highest BCUT2D eigenvalue weighted by Gasteiger charge is 2.39. The average Bonchev–Trinajstić information content (AvgIpc) is 2.60. The van der Waals surface area contributed by atoms with Gasteiger partial charge in [0.2, 0.25) is 15.9 Å². The highest BCUT2D eigenvalue weighted by atomic mass is 79.9. The summed E-state index contributed by atoms with van der Waals surface area (Å²) in [6.07, 6.45) is 0.364. The lowest BCUT2D eigenvalue weighted by molar-refractivity contribution is -0.124. The average molecular weight is 409 g/mol. The van der Waals surface area contributed by atoms with E-state index < -0.39 is 16.1 Å². The molecule has 0 radical (unpaired) electrons. The monoisotopic (exact) mass is 408 g/mol. The van der Waals surface area contributed by atoms with E-state index in [1.54, 1.807) is 24.3 Å². The fraction of sp³-hybridized carbons (Fsp3) is 0.235. The Morgan fingerprint density at radius 2 is 1.88 bits per heavy atom. The number of halogens is 1. The van der Waals surface area contributed by atoms with Crippen molar-refractivity contribution in [2.45, 2.75) is 23.9 Å². The van der Waals surface area contributed by atoms with E-state index >= 15 is 0 Å². The van der Waals surface area contributed by atoms with E-state index in [2.05, 4.69) is 21.2 Å². The summed E-state index contributed by atoms with van der Waals surface area (Å²) in [6.45, 7) is 0.184. The van der Waals surface area contributed by atoms with Gasteiger partial charge in [-0.25, -0.2) is 8.42 Å². The molecule has 2 aromatic carbocycles. The third-order valence-corrected chi connectivity index (χ3v) is 6.50. The highest BCUT2D eigenvalue weighted by molar-refractivity contribution is 9.10. The van der Waals surface area contributed by atoms with Gasteiger partial charge in [-0.05, 0) is 35.7 Å². The second-order valence-corrected chi connectivity index (χ2v) is 8.42. The molecule has 5 nitrogen and oxygen atoms in total. The second kappa shape index (κ2) is 6.66. The van der Waals surface area contributed by atoms with Gasteiger partial charge >= 0.3 is 0 Å². The Kier molecular flexibility index (Phi) is 4.76. The predicted molar refractivity (Wildman–Crippen MR) is 94.9 cm³/mol. The van der Waals surface area contributed by atoms with Gasteiger partial charge in [-0.1, -0.05) is 46.3 Å². The Balaban J connectivity index is 2.07. The van der Waals surface area contributed by atoms with Gasteiger partial charge in [-0.15, -0.1) is 0 Å². The van der Waals surface area contributed by atoms with Crippen molar-refractivity contribution in [2.75, 3.05) is 7.05 Å². The quantitative estimate of drug-likeness (QED) is 0.846. The number of nitrogens with zero attached hydrogens (tertiary/aromatic N) is 1. The van der Waals surface area contributed by atoms with E-state index in [-0.39, 0.29) is 17.3 Å². The van der Waals surface area contributed by atoms with Crippen LogP contribution in [0.4, 0.5) is 0 Å². The van der Waals surface area contributed by atoms with E-state index in [1.165, 1.54) is 11.4 Å². The van der Waals surface area contributed by atoms with Crippen LogP contribution in [-0.4, -0.2) is 31.7 Å². The summed E-state index contributed by atoms with van der Waals surface area (Å²) in [5, 5.41) is 2.58. The molecule has 0 saturated carbocycles. The molecule has 126 valence electrons. The minimum Gasteiger partial charge on any atom is -0.358 e. The molecule has 1 atom stereocenters. The van der Waals surface area contributed by atoms with E-state index in [4.69, 9.17) is 0 Å². The predicted octanol–water partition coefficient (Wildman–Crippen LogP) is 2.31. The van der Waals surface area contributed by atoms with Crippen LogP contribution in [0.3, 0.4) is 0 Å². The lowest BCUT2D eigenvalue weighted by atomic mass is 9.95. The molecule has 7 heteroatoms. The van der Waals surface area contributed by atoms with Gasteiger partial charge < -0.3 is 5.32 Å². The molecule has 0 bridgehead atoms. The lowest BCUT2D eigenvalue weighted by Gasteiger charge is -2.34. The Labute approximate surface area is 149 Å². The minimum atomic E-state index is -3.79. The Hall–Kier alpha value is -1.70. The fourth-order valence-corrected chi connectivity index (χ4v) is 5.07. The summed E-state index contributed by atoms with van der Waals surface area (Å²) in [6, 6.07) is 13.4. The molecule has 1 amide bonds. The van der Waals surface area contributed by atoms with Crippen LogP contribution in [0.5, 0.6) is 0 Å². The Bertz CT molecular complexity index is 883. The van der Waals surface area contributed by atoms with Crippen molar-refractivity contribution in [3.8, 4) is 0 Å². The van der Waals surface area contributed by atoms with Gasteiger partial charge in [0.15, 0.2) is 0 Å². The topological polar surface area (TPSA) is 66.5 Å². The van der Waals surface area contributed by atoms with Gasteiger partial charge in [-0.3, -0.25) is 4.79 Å². The molecule has 0 aromatic heterocycles. The number of hydrogen-bond donors (Lipinski definition) is 1. The number of carbonyl (C=O) groups excluding carboxylic acids is 1. The molecule has 1 aliphatic heterocycles. The number of hydrogen-bond acceptors (Lipinski definition) is 3. The van der Waals surface area contributed by atoms with Crippen molar-refractivity contribution < 1.29 is 13.2 Å². The smallest absolute Gasteiger partial charge is 0.244 e. The Morgan fingerprint density at radius 1 is 1.17 bits per heavy atom. The summed E-state index contributed by atoms with van der Waals surface area (Å²) in [4.78, 5) is 12.5. The number of sulfonamides is 1. The molecule has 0 aliphatic carbocycles. The summed E-state index contributed by atoms with van der Waals surface area (Å²) in [5.74, 6) is -0.303. The summed E-state index contributed by atoms with van der Waals surface area (Å²) in [7, 11) is -2.27. The molecule has 0 saturated heterocycles. The first-order valence-electron chi connectivity index (χ1n) is 7.49. The molecular weight excluding hydrogens is 392 g/mol. The maximum atomic E-state index is 13.1. The Morgan fingerprint density at radius 3 is 2.54 bits per heavy atom. The zero-order valence-corrected chi connectivity index (χ0v) is 15.5. The molecule has 1 N–H and O–H groups in total. The van der Waals surface area contributed by atoms with E-state index in [0.717, 1.165) is 11.1 Å². The van der Waals surface area contributed by atoms with Crippen molar-refractivity contribution in [1.82, 2.24) is 9.62 Å². The van der Waals surface area contributed by atoms with Crippen molar-refractivity contribution in [3.63, 3.8) is 0 Å². The number of nitrogens with one attached hydrogen (secondary N) is 1. The molecular formula is C17H17BrN2O3S. The molecule has 3 rings (SSSR count). The van der Waals surface area contributed by atoms with E-state index in [0.29, 0.717) is 10.9 Å². The van der Waals surface area contributed by atoms with Crippen LogP contribution in [-0.2, 0) is 27.8 Å². The summed E-state index contributed by atoms with van der Waals surface area (Å²) in [5.41, 5.74) is 1.93. The van der Waals surface area contributed by atoms with Crippen LogP contribution in [0.1, 0.15) is 11.1 Å². The van der Waals surface area contributed by atoms with Crippen molar-refractivity contribution in [1.29, 1.82) is 0 Å². The van der Waals surface area contributed by atoms with Crippen LogP contribution in [0, 0.1) is 0 Å². The molecule has 1 unspecified atom stereocenters. The normalized spacial score (nSPS) is 18.0. The maximum Gasteiger partial charge on any atom is 0.244 e. The second-order valence-electron chi connectivity index (χ2n) is 5.61. The molecule has 0 fully saturated rings. The van der Waals surface area contributed by atoms with Crippen molar-refractivity contribution >= 4 is 31.9 Å². The van der Waals surface area contributed by atoms with Gasteiger partial charge in [0.1, 0.15) is 6.04 Å². The molecule has 24 heavy (non-hydrogen) atoms. The first kappa shape index (κ1) is 17.1. The summed E-state index contributed by atoms with van der Waals surface area (Å²) < 4.78 is 28.2. The third-order valence-electron chi connectivity index (χ3n) is 4.16. The zero-order chi connectivity index (χ0) is 17.3. The zero-order valence-electron chi connectivity index (χ0n) is 13.1. The number of amides is 1. The number of carbonyl (C=O) groups is 1. The first-order chi connectivity index (χ1) is 11.4. The minimum absolute atomic E-state index is 0.171. The number of benzene rings is 2. The van der Waals surface area contributed by atoms with Gasteiger partial charge in [-0.2, -0.15) is 4.31 Å². The molecule has 0 spiro atoms. The highest BCUT2D eigenvalue weighted by Crippen LogP contribution is 2.30. The number of fused-ring (bicyclic) bond motifs is 1. The van der Waals surface area contributed by atoms with E-state index in [9.17, 15) is 13.2 Å². The fourth-order valence-electron chi connectivity index (χ4n) is 2.90. The first-order valence-corrected chi connectivity index (χ1v) is 9.72. The van der Waals surface area contributed by atoms with Gasteiger partial charge in [0, 0.05) is 18.1 Å². The number of likely N-dealkylation sites (N-methyl/N-ethyl adjacent to an activating group) is 1. The van der Waals surface area contributed by atoms with Gasteiger partial charge in [0.05, 0.1) is 4.90 Å². The van der Waals surface area contributed by atoms with Gasteiger partial charge in [0.25, 0.3) is 0 Å². The third kappa shape index (κ3) is 3.11. The number of rotatable bonds is 3. The summed E-state index contributed by atoms with van der Waals surface area (Å²) >= 11 is 3.30. The largest absolute Gasteiger partial charge is 0.358 e. The van der Waals surface area contributed by atoms with Crippen molar-refractivity contribution in [3.05, 3.63) is 64.1 Å². The van der Waals surface area contributed by atoms with Crippen LogP contribution >= 0.6 is 15.9 Å². The molecule has 2 aromatic rings. The van der Waals surface area contributed by atoms with E-state index in [1.807, 2.05) is 24.3 Å². The van der Waals surface area contributed by atoms with Crippen LogP contribution in [0.2, 0.25) is 0 Å². The van der Waals surface area contributed by atoms with Crippen LogP contribution < -0.4 is 5.32 Å². The van der Waals surface area contributed by atoms with Crippen molar-refractivity contribution in [2.24, 2.45) is 0 Å². The standard InChI is InChI=1S/C17H17BrN2O3S/c1-19-17(21)16-9-12-5-2-3-6-13(12)11-20(16)24(22,23)15-8-4-7-14(18)10-15/h2-8,10,16H,9,11H2,1H3,(H,19,21). The van der Waals surface area contributed by atoms with Crippen LogP contribution in [0.15, 0.2) is 57.9 Å². The molecule has 1 aliphatic rings. The SMILES string of the molecule is CNC(=O)C1Cc2ccccc2CN1S(=O)(=O)c1cccc(Br)c1. The lowest BCUT2D eigenvalue weighted by Crippen LogP contribution is -2.51. The van der Waals surface area contributed by atoms with Crippen LogP contribution in [0.25, 0.3) is 0 Å². The molecule has 1 heterocycles.